The van der Waals surface area contributed by atoms with Gasteiger partial charge in [-0.15, -0.1) is 5.10 Å². The van der Waals surface area contributed by atoms with Crippen molar-refractivity contribution < 1.29 is 9.90 Å². The van der Waals surface area contributed by atoms with Gasteiger partial charge in [0.15, 0.2) is 11.3 Å². The molecule has 0 bridgehead atoms. The predicted molar refractivity (Wildman–Crippen MR) is 72.8 cm³/mol. The molecule has 0 aliphatic rings. The molecule has 0 saturated carbocycles. The van der Waals surface area contributed by atoms with E-state index in [4.69, 9.17) is 5.11 Å². The number of hydrogen-bond donors (Lipinski definition) is 2. The Bertz CT molecular complexity index is 786. The van der Waals surface area contributed by atoms with Crippen molar-refractivity contribution in [3.63, 3.8) is 0 Å². The highest BCUT2D eigenvalue weighted by molar-refractivity contribution is 5.84. The van der Waals surface area contributed by atoms with E-state index in [0.29, 0.717) is 24.6 Å². The van der Waals surface area contributed by atoms with Crippen molar-refractivity contribution in [1.29, 1.82) is 0 Å². The molecular formula is C12H11N7O2. The highest BCUT2D eigenvalue weighted by Gasteiger charge is 2.07. The van der Waals surface area contributed by atoms with E-state index in [0.717, 1.165) is 5.52 Å². The molecule has 0 aliphatic heterocycles. The van der Waals surface area contributed by atoms with Gasteiger partial charge in [0.25, 0.3) is 0 Å². The fourth-order valence-electron chi connectivity index (χ4n) is 1.76. The molecule has 0 fully saturated rings. The predicted octanol–water partition coefficient (Wildman–Crippen LogP) is 0.427. The molecule has 106 valence electrons. The number of aromatic carboxylic acids is 1. The summed E-state index contributed by atoms with van der Waals surface area (Å²) in [6.45, 7) is 1.00. The summed E-state index contributed by atoms with van der Waals surface area (Å²) < 4.78 is 1.46. The number of hydrogen-bond acceptors (Lipinski definition) is 7. The van der Waals surface area contributed by atoms with Crippen LogP contribution >= 0.6 is 0 Å². The van der Waals surface area contributed by atoms with Crippen LogP contribution in [0.5, 0.6) is 0 Å². The van der Waals surface area contributed by atoms with Gasteiger partial charge < -0.3 is 10.4 Å². The standard InChI is InChI=1S/C12H11N7O2/c20-12(21)9-7-19(18-17-9)6-5-14-10-2-1-8-11(16-10)15-4-3-13-8/h1-4,7H,5-6H2,(H,20,21)(H,14,15,16). The molecule has 9 nitrogen and oxygen atoms in total. The Morgan fingerprint density at radius 1 is 1.29 bits per heavy atom. The Morgan fingerprint density at radius 3 is 2.95 bits per heavy atom. The van der Waals surface area contributed by atoms with Gasteiger partial charge in [-0.25, -0.2) is 19.4 Å². The minimum absolute atomic E-state index is 0.0749. The number of fused-ring (bicyclic) bond motifs is 1. The van der Waals surface area contributed by atoms with E-state index in [9.17, 15) is 4.79 Å². The second kappa shape index (κ2) is 5.49. The number of anilines is 1. The summed E-state index contributed by atoms with van der Waals surface area (Å²) in [6, 6.07) is 3.64. The van der Waals surface area contributed by atoms with Gasteiger partial charge in [-0.3, -0.25) is 4.98 Å². The lowest BCUT2D eigenvalue weighted by Gasteiger charge is -2.05. The fraction of sp³-hybridized carbons (Fsp3) is 0.167. The summed E-state index contributed by atoms with van der Waals surface area (Å²) in [5.74, 6) is -0.425. The molecule has 0 unspecified atom stereocenters. The molecule has 21 heavy (non-hydrogen) atoms. The van der Waals surface area contributed by atoms with Crippen LogP contribution < -0.4 is 5.32 Å². The molecule has 0 aromatic carbocycles. The normalized spacial score (nSPS) is 10.7. The third-order valence-electron chi connectivity index (χ3n) is 2.74. The molecule has 3 rings (SSSR count). The van der Waals surface area contributed by atoms with Gasteiger partial charge in [-0.2, -0.15) is 0 Å². The van der Waals surface area contributed by atoms with E-state index >= 15 is 0 Å². The first kappa shape index (κ1) is 12.9. The van der Waals surface area contributed by atoms with E-state index in [1.54, 1.807) is 18.5 Å². The molecule has 0 radical (unpaired) electrons. The summed E-state index contributed by atoms with van der Waals surface area (Å²) in [5, 5.41) is 19.1. The molecule has 0 atom stereocenters. The van der Waals surface area contributed by atoms with Gasteiger partial charge in [0.2, 0.25) is 0 Å². The van der Waals surface area contributed by atoms with Crippen molar-refractivity contribution in [3.8, 4) is 0 Å². The SMILES string of the molecule is O=C(O)c1cn(CCNc2ccc3nccnc3n2)nn1. The number of rotatable bonds is 5. The van der Waals surface area contributed by atoms with E-state index in [1.165, 1.54) is 10.9 Å². The van der Waals surface area contributed by atoms with Crippen molar-refractivity contribution in [3.05, 3.63) is 36.4 Å². The Labute approximate surface area is 118 Å². The number of nitrogens with zero attached hydrogens (tertiary/aromatic N) is 6. The topological polar surface area (TPSA) is 119 Å². The molecule has 2 N–H and O–H groups in total. The van der Waals surface area contributed by atoms with Crippen LogP contribution in [0.1, 0.15) is 10.5 Å². The van der Waals surface area contributed by atoms with Gasteiger partial charge in [0.1, 0.15) is 11.3 Å². The Hall–Kier alpha value is -3.10. The van der Waals surface area contributed by atoms with Crippen molar-refractivity contribution in [2.45, 2.75) is 6.54 Å². The maximum absolute atomic E-state index is 10.7. The van der Waals surface area contributed by atoms with Crippen molar-refractivity contribution in [2.75, 3.05) is 11.9 Å². The van der Waals surface area contributed by atoms with Crippen molar-refractivity contribution >= 4 is 23.0 Å². The van der Waals surface area contributed by atoms with Crippen LogP contribution in [0.4, 0.5) is 5.82 Å². The highest BCUT2D eigenvalue weighted by Crippen LogP contribution is 2.09. The molecule has 9 heteroatoms. The molecular weight excluding hydrogens is 274 g/mol. The number of carboxylic acid groups (broad SMARTS) is 1. The molecule has 3 aromatic rings. The third kappa shape index (κ3) is 2.91. The molecule has 3 aromatic heterocycles. The molecule has 0 saturated heterocycles. The van der Waals surface area contributed by atoms with Crippen LogP contribution in [0.25, 0.3) is 11.2 Å². The summed E-state index contributed by atoms with van der Waals surface area (Å²) in [5.41, 5.74) is 1.22. The Morgan fingerprint density at radius 2 is 2.14 bits per heavy atom. The average molecular weight is 285 g/mol. The molecule has 0 amide bonds. The summed E-state index contributed by atoms with van der Waals surface area (Å²) >= 11 is 0. The first-order chi connectivity index (χ1) is 10.2. The summed E-state index contributed by atoms with van der Waals surface area (Å²) in [4.78, 5) is 23.3. The number of carboxylic acids is 1. The quantitative estimate of drug-likeness (QED) is 0.692. The zero-order valence-electron chi connectivity index (χ0n) is 10.8. The minimum Gasteiger partial charge on any atom is -0.476 e. The molecule has 0 spiro atoms. The smallest absolute Gasteiger partial charge is 0.358 e. The second-order valence-corrected chi connectivity index (χ2v) is 4.19. The van der Waals surface area contributed by atoms with Gasteiger partial charge >= 0.3 is 5.97 Å². The van der Waals surface area contributed by atoms with Crippen molar-refractivity contribution in [1.82, 2.24) is 29.9 Å². The third-order valence-corrected chi connectivity index (χ3v) is 2.74. The number of aromatic nitrogens is 6. The Kier molecular flexibility index (Phi) is 3.37. The zero-order chi connectivity index (χ0) is 14.7. The first-order valence-corrected chi connectivity index (χ1v) is 6.17. The van der Waals surface area contributed by atoms with Crippen LogP contribution in [0.2, 0.25) is 0 Å². The first-order valence-electron chi connectivity index (χ1n) is 6.17. The summed E-state index contributed by atoms with van der Waals surface area (Å²) in [6.07, 6.45) is 4.58. The van der Waals surface area contributed by atoms with E-state index in [-0.39, 0.29) is 5.69 Å². The maximum atomic E-state index is 10.7. The fourth-order valence-corrected chi connectivity index (χ4v) is 1.76. The van der Waals surface area contributed by atoms with Gasteiger partial charge in [-0.05, 0) is 12.1 Å². The number of carbonyl (C=O) groups is 1. The largest absolute Gasteiger partial charge is 0.476 e. The highest BCUT2D eigenvalue weighted by atomic mass is 16.4. The average Bonchev–Trinajstić information content (AvgIpc) is 2.96. The van der Waals surface area contributed by atoms with Gasteiger partial charge in [0.05, 0.1) is 12.7 Å². The zero-order valence-corrected chi connectivity index (χ0v) is 10.8. The number of pyridine rings is 1. The van der Waals surface area contributed by atoms with E-state index < -0.39 is 5.97 Å². The lowest BCUT2D eigenvalue weighted by molar-refractivity contribution is 0.0690. The number of nitrogens with one attached hydrogen (secondary N) is 1. The lowest BCUT2D eigenvalue weighted by Crippen LogP contribution is -2.12. The van der Waals surface area contributed by atoms with Crippen LogP contribution in [-0.2, 0) is 6.54 Å². The van der Waals surface area contributed by atoms with Crippen LogP contribution in [0.15, 0.2) is 30.7 Å². The Balaban J connectivity index is 1.62. The monoisotopic (exact) mass is 285 g/mol. The van der Waals surface area contributed by atoms with Crippen LogP contribution in [0, 0.1) is 0 Å². The van der Waals surface area contributed by atoms with Gasteiger partial charge in [-0.1, -0.05) is 5.21 Å². The molecule has 0 aliphatic carbocycles. The maximum Gasteiger partial charge on any atom is 0.358 e. The molecule has 3 heterocycles. The van der Waals surface area contributed by atoms with Crippen LogP contribution in [-0.4, -0.2) is 47.6 Å². The summed E-state index contributed by atoms with van der Waals surface area (Å²) in [7, 11) is 0. The van der Waals surface area contributed by atoms with Gasteiger partial charge in [0, 0.05) is 18.9 Å². The van der Waals surface area contributed by atoms with Crippen molar-refractivity contribution in [2.24, 2.45) is 0 Å². The second-order valence-electron chi connectivity index (χ2n) is 4.19. The van der Waals surface area contributed by atoms with E-state index in [1.807, 2.05) is 6.07 Å². The van der Waals surface area contributed by atoms with Crippen LogP contribution in [0.3, 0.4) is 0 Å². The minimum atomic E-state index is -1.09. The lowest BCUT2D eigenvalue weighted by atomic mass is 10.4. The van der Waals surface area contributed by atoms with E-state index in [2.05, 4.69) is 30.6 Å².